The highest BCUT2D eigenvalue weighted by Crippen LogP contribution is 2.43. The van der Waals surface area contributed by atoms with Crippen LogP contribution in [-0.2, 0) is 26.2 Å². The number of rotatable bonds is 5. The smallest absolute Gasteiger partial charge is 0.299 e. The molecule has 138 valence electrons. The summed E-state index contributed by atoms with van der Waals surface area (Å²) in [6.07, 6.45) is -0.718. The van der Waals surface area contributed by atoms with Crippen molar-refractivity contribution in [2.24, 2.45) is 10.7 Å². The molecule has 0 amide bonds. The molecule has 0 saturated carbocycles. The molecule has 0 saturated heterocycles. The second-order valence-electron chi connectivity index (χ2n) is 6.21. The standard InChI is InChI=1S/C17H21F3N2O3/c1-10(24-3)14(23)7-11-4-5-13(18)12(6-11)16(2)17(19,20)9-25-8-15(21)22-16/h4-6,10H,7-9H2,1-3H3,(H2,21,22)/t10?,16-/m1/s1. The van der Waals surface area contributed by atoms with E-state index in [1.54, 1.807) is 6.92 Å². The molecule has 1 aliphatic heterocycles. The zero-order valence-corrected chi connectivity index (χ0v) is 14.3. The van der Waals surface area contributed by atoms with Crippen molar-refractivity contribution in [3.05, 3.63) is 35.1 Å². The largest absolute Gasteiger partial charge is 0.385 e. The minimum atomic E-state index is -3.47. The number of hydrogen-bond donors (Lipinski definition) is 1. The second kappa shape index (κ2) is 7.13. The molecule has 0 aromatic heterocycles. The molecular weight excluding hydrogens is 337 g/mol. The average molecular weight is 358 g/mol. The maximum absolute atomic E-state index is 14.6. The fourth-order valence-corrected chi connectivity index (χ4v) is 2.61. The van der Waals surface area contributed by atoms with Crippen molar-refractivity contribution in [2.45, 2.75) is 37.8 Å². The molecule has 25 heavy (non-hydrogen) atoms. The monoisotopic (exact) mass is 358 g/mol. The predicted octanol–water partition coefficient (Wildman–Crippen LogP) is 2.21. The van der Waals surface area contributed by atoms with Crippen LogP contribution in [0, 0.1) is 5.82 Å². The van der Waals surface area contributed by atoms with E-state index in [0.29, 0.717) is 5.56 Å². The Hall–Kier alpha value is -1.93. The number of benzene rings is 1. The number of amidine groups is 1. The van der Waals surface area contributed by atoms with Gasteiger partial charge in [-0.3, -0.25) is 9.79 Å². The van der Waals surface area contributed by atoms with Crippen molar-refractivity contribution in [1.82, 2.24) is 0 Å². The number of Topliss-reactive ketones (excluding diaryl/α,β-unsaturated/α-hetero) is 1. The summed E-state index contributed by atoms with van der Waals surface area (Å²) in [6.45, 7) is 1.50. The zero-order chi connectivity index (χ0) is 18.8. The Kier molecular flexibility index (Phi) is 5.53. The van der Waals surface area contributed by atoms with E-state index in [2.05, 4.69) is 4.99 Å². The molecule has 2 N–H and O–H groups in total. The maximum atomic E-state index is 14.6. The first-order chi connectivity index (χ1) is 11.6. The van der Waals surface area contributed by atoms with Gasteiger partial charge < -0.3 is 15.2 Å². The lowest BCUT2D eigenvalue weighted by Crippen LogP contribution is -2.45. The van der Waals surface area contributed by atoms with Crippen LogP contribution in [0.25, 0.3) is 0 Å². The number of ether oxygens (including phenoxy) is 2. The van der Waals surface area contributed by atoms with Crippen LogP contribution in [0.4, 0.5) is 13.2 Å². The van der Waals surface area contributed by atoms with Gasteiger partial charge in [0.1, 0.15) is 31.0 Å². The number of carbonyl (C=O) groups is 1. The highest BCUT2D eigenvalue weighted by atomic mass is 19.3. The van der Waals surface area contributed by atoms with Crippen LogP contribution in [0.2, 0.25) is 0 Å². The first kappa shape index (κ1) is 19.4. The van der Waals surface area contributed by atoms with Crippen molar-refractivity contribution < 1.29 is 27.4 Å². The second-order valence-corrected chi connectivity index (χ2v) is 6.21. The minimum Gasteiger partial charge on any atom is -0.385 e. The SMILES string of the molecule is COC(C)C(=O)Cc1ccc(F)c([C@@]2(C)N=C(N)COCC2(F)F)c1. The van der Waals surface area contributed by atoms with Crippen molar-refractivity contribution in [2.75, 3.05) is 20.3 Å². The van der Waals surface area contributed by atoms with Crippen LogP contribution in [0.3, 0.4) is 0 Å². The predicted molar refractivity (Wildman–Crippen MR) is 86.3 cm³/mol. The number of aliphatic imine (C=N–C) groups is 1. The molecule has 0 fully saturated rings. The first-order valence-electron chi connectivity index (χ1n) is 7.75. The van der Waals surface area contributed by atoms with Gasteiger partial charge in [0.2, 0.25) is 0 Å². The maximum Gasteiger partial charge on any atom is 0.299 e. The Morgan fingerprint density at radius 1 is 1.48 bits per heavy atom. The zero-order valence-electron chi connectivity index (χ0n) is 14.3. The molecule has 1 heterocycles. The molecule has 0 radical (unpaired) electrons. The number of nitrogens with zero attached hydrogens (tertiary/aromatic N) is 1. The van der Waals surface area contributed by atoms with Crippen LogP contribution in [0.5, 0.6) is 0 Å². The molecule has 2 rings (SSSR count). The van der Waals surface area contributed by atoms with E-state index in [9.17, 15) is 18.0 Å². The van der Waals surface area contributed by atoms with Gasteiger partial charge in [-0.1, -0.05) is 6.07 Å². The summed E-state index contributed by atoms with van der Waals surface area (Å²) >= 11 is 0. The summed E-state index contributed by atoms with van der Waals surface area (Å²) in [6, 6.07) is 3.65. The highest BCUT2D eigenvalue weighted by molar-refractivity contribution is 5.85. The molecular formula is C17H21F3N2O3. The summed E-state index contributed by atoms with van der Waals surface area (Å²) in [5.41, 5.74) is 3.42. The Balaban J connectivity index is 2.48. The highest BCUT2D eigenvalue weighted by Gasteiger charge is 2.54. The van der Waals surface area contributed by atoms with Crippen LogP contribution >= 0.6 is 0 Å². The lowest BCUT2D eigenvalue weighted by molar-refractivity contribution is -0.127. The van der Waals surface area contributed by atoms with E-state index in [1.165, 1.54) is 19.2 Å². The molecule has 1 aromatic rings. The number of halogens is 3. The van der Waals surface area contributed by atoms with E-state index in [-0.39, 0.29) is 30.2 Å². The Morgan fingerprint density at radius 3 is 2.80 bits per heavy atom. The van der Waals surface area contributed by atoms with E-state index < -0.39 is 30.0 Å². The lowest BCUT2D eigenvalue weighted by Gasteiger charge is -2.33. The Labute approximate surface area is 144 Å². The van der Waals surface area contributed by atoms with Gasteiger partial charge >= 0.3 is 0 Å². The van der Waals surface area contributed by atoms with E-state index in [1.807, 2.05) is 0 Å². The lowest BCUT2D eigenvalue weighted by atomic mass is 9.84. The normalized spacial score (nSPS) is 24.3. The molecule has 0 spiro atoms. The topological polar surface area (TPSA) is 73.9 Å². The van der Waals surface area contributed by atoms with Gasteiger partial charge in [0, 0.05) is 19.1 Å². The van der Waals surface area contributed by atoms with Gasteiger partial charge in [-0.25, -0.2) is 13.2 Å². The van der Waals surface area contributed by atoms with Gasteiger partial charge in [0.15, 0.2) is 11.3 Å². The summed E-state index contributed by atoms with van der Waals surface area (Å²) in [4.78, 5) is 15.8. The van der Waals surface area contributed by atoms with Crippen molar-refractivity contribution in [3.8, 4) is 0 Å². The molecule has 0 bridgehead atoms. The summed E-state index contributed by atoms with van der Waals surface area (Å²) in [5.74, 6) is -4.72. The van der Waals surface area contributed by atoms with Crippen molar-refractivity contribution in [1.29, 1.82) is 0 Å². The van der Waals surface area contributed by atoms with Crippen LogP contribution in [0.15, 0.2) is 23.2 Å². The van der Waals surface area contributed by atoms with Crippen molar-refractivity contribution in [3.63, 3.8) is 0 Å². The van der Waals surface area contributed by atoms with Gasteiger partial charge in [-0.2, -0.15) is 0 Å². The molecule has 1 aliphatic rings. The third-order valence-electron chi connectivity index (χ3n) is 4.35. The number of hydrogen-bond acceptors (Lipinski definition) is 5. The fraction of sp³-hybridized carbons (Fsp3) is 0.529. The third kappa shape index (κ3) is 3.85. The van der Waals surface area contributed by atoms with Gasteiger partial charge in [0.05, 0.1) is 0 Å². The molecule has 5 nitrogen and oxygen atoms in total. The number of alkyl halides is 2. The summed E-state index contributed by atoms with van der Waals surface area (Å²) in [5, 5.41) is 0. The number of carbonyl (C=O) groups excluding carboxylic acids is 1. The third-order valence-corrected chi connectivity index (χ3v) is 4.35. The van der Waals surface area contributed by atoms with E-state index in [4.69, 9.17) is 15.2 Å². The number of ketones is 1. The van der Waals surface area contributed by atoms with Crippen LogP contribution < -0.4 is 5.73 Å². The average Bonchev–Trinajstić information content (AvgIpc) is 2.64. The molecule has 8 heteroatoms. The Morgan fingerprint density at radius 2 is 2.16 bits per heavy atom. The van der Waals surface area contributed by atoms with Crippen LogP contribution in [-0.4, -0.2) is 44.0 Å². The number of nitrogens with two attached hydrogens (primary N) is 1. The van der Waals surface area contributed by atoms with Crippen molar-refractivity contribution >= 4 is 11.6 Å². The number of methoxy groups -OCH3 is 1. The first-order valence-corrected chi connectivity index (χ1v) is 7.75. The Bertz CT molecular complexity index is 694. The van der Waals surface area contributed by atoms with Gasteiger partial charge in [-0.05, 0) is 31.5 Å². The van der Waals surface area contributed by atoms with Crippen LogP contribution in [0.1, 0.15) is 25.0 Å². The summed E-state index contributed by atoms with van der Waals surface area (Å²) in [7, 11) is 1.39. The quantitative estimate of drug-likeness (QED) is 0.876. The molecule has 2 atom stereocenters. The van der Waals surface area contributed by atoms with E-state index >= 15 is 0 Å². The summed E-state index contributed by atoms with van der Waals surface area (Å²) < 4.78 is 53.3. The van der Waals surface area contributed by atoms with E-state index in [0.717, 1.165) is 13.0 Å². The van der Waals surface area contributed by atoms with Gasteiger partial charge in [-0.15, -0.1) is 0 Å². The molecule has 1 unspecified atom stereocenters. The van der Waals surface area contributed by atoms with Gasteiger partial charge in [0.25, 0.3) is 5.92 Å². The molecule has 0 aliphatic carbocycles. The molecule has 1 aromatic carbocycles. The minimum absolute atomic E-state index is 0.0698. The fourth-order valence-electron chi connectivity index (χ4n) is 2.61.